The van der Waals surface area contributed by atoms with Crippen LogP contribution >= 0.6 is 11.3 Å². The molecule has 2 saturated heterocycles. The number of rotatable bonds is 4. The van der Waals surface area contributed by atoms with E-state index in [1.54, 1.807) is 34.5 Å². The number of thiazole rings is 1. The molecule has 0 radical (unpaired) electrons. The second-order valence-electron chi connectivity index (χ2n) is 7.16. The summed E-state index contributed by atoms with van der Waals surface area (Å²) in [6, 6.07) is 8.81. The van der Waals surface area contributed by atoms with Crippen LogP contribution in [0.2, 0.25) is 0 Å². The van der Waals surface area contributed by atoms with Crippen molar-refractivity contribution in [1.29, 1.82) is 5.26 Å². The van der Waals surface area contributed by atoms with E-state index < -0.39 is 0 Å². The van der Waals surface area contributed by atoms with Crippen LogP contribution in [0.5, 0.6) is 0 Å². The fourth-order valence-electron chi connectivity index (χ4n) is 3.86. The third-order valence-corrected chi connectivity index (χ3v) is 6.11. The zero-order valence-electron chi connectivity index (χ0n) is 15.4. The van der Waals surface area contributed by atoms with Crippen molar-refractivity contribution in [2.45, 2.75) is 13.0 Å². The third-order valence-electron chi connectivity index (χ3n) is 5.34. The maximum atomic E-state index is 12.8. The van der Waals surface area contributed by atoms with E-state index in [0.717, 1.165) is 5.01 Å². The lowest BCUT2D eigenvalue weighted by atomic mass is 9.93. The molecule has 0 aliphatic carbocycles. The summed E-state index contributed by atoms with van der Waals surface area (Å²) in [5, 5.41) is 14.6. The van der Waals surface area contributed by atoms with Gasteiger partial charge in [0, 0.05) is 42.4 Å². The van der Waals surface area contributed by atoms with Crippen LogP contribution in [0.4, 0.5) is 0 Å². The maximum Gasteiger partial charge on any atom is 0.270 e. The van der Waals surface area contributed by atoms with E-state index >= 15 is 0 Å². The molecule has 8 heteroatoms. The first-order valence-electron chi connectivity index (χ1n) is 9.16. The number of aryl methyl sites for hydroxylation is 1. The van der Waals surface area contributed by atoms with E-state index in [0.29, 0.717) is 43.1 Å². The molecule has 0 bridgehead atoms. The van der Waals surface area contributed by atoms with Crippen LogP contribution in [-0.2, 0) is 4.74 Å². The van der Waals surface area contributed by atoms with Gasteiger partial charge in [0.15, 0.2) is 0 Å². The molecule has 7 nitrogen and oxygen atoms in total. The van der Waals surface area contributed by atoms with Crippen LogP contribution in [0.15, 0.2) is 29.6 Å². The molecule has 2 fully saturated rings. The van der Waals surface area contributed by atoms with Gasteiger partial charge < -0.3 is 15.0 Å². The Labute approximate surface area is 166 Å². The molecule has 4 rings (SSSR count). The summed E-state index contributed by atoms with van der Waals surface area (Å²) in [6.07, 6.45) is -0.00785. The van der Waals surface area contributed by atoms with E-state index in [1.165, 1.54) is 11.3 Å². The van der Waals surface area contributed by atoms with Crippen molar-refractivity contribution in [2.24, 2.45) is 11.8 Å². The highest BCUT2D eigenvalue weighted by Gasteiger charge is 2.45. The molecule has 3 atom stereocenters. The first kappa shape index (κ1) is 18.6. The van der Waals surface area contributed by atoms with Crippen molar-refractivity contribution >= 4 is 23.2 Å². The normalized spacial score (nSPS) is 23.3. The molecular formula is C20H20N4O3S. The van der Waals surface area contributed by atoms with Crippen molar-refractivity contribution in [3.8, 4) is 6.07 Å². The number of nitrogens with one attached hydrogen (secondary N) is 1. The summed E-state index contributed by atoms with van der Waals surface area (Å²) in [7, 11) is 0. The fourth-order valence-corrected chi connectivity index (χ4v) is 4.45. The lowest BCUT2D eigenvalue weighted by Crippen LogP contribution is -2.35. The summed E-state index contributed by atoms with van der Waals surface area (Å²) in [6.45, 7) is 4.08. The molecule has 144 valence electrons. The zero-order chi connectivity index (χ0) is 19.7. The minimum Gasteiger partial charge on any atom is -0.376 e. The standard InChI is InChI=1S/C20H20N4O3S/c1-12-23-17(11-28-12)19(25)22-7-15-10-27-18-9-24(8-16(15)18)20(26)14-4-2-3-13(5-14)6-21/h2-5,11,15-16,18H,7-10H2,1H3,(H,22,25)/t15-,16-,18-/m1/s1. The molecule has 2 aliphatic rings. The first-order valence-corrected chi connectivity index (χ1v) is 10.0. The van der Waals surface area contributed by atoms with E-state index in [-0.39, 0.29) is 29.8 Å². The summed E-state index contributed by atoms with van der Waals surface area (Å²) in [5.41, 5.74) is 1.43. The molecule has 0 saturated carbocycles. The number of fused-ring (bicyclic) bond motifs is 1. The van der Waals surface area contributed by atoms with Crippen LogP contribution < -0.4 is 5.32 Å². The molecule has 2 aliphatic heterocycles. The van der Waals surface area contributed by atoms with Gasteiger partial charge in [-0.1, -0.05) is 6.07 Å². The Kier molecular flexibility index (Phi) is 5.11. The number of carbonyl (C=O) groups excluding carboxylic acids is 2. The van der Waals surface area contributed by atoms with Crippen LogP contribution in [0, 0.1) is 30.1 Å². The van der Waals surface area contributed by atoms with Gasteiger partial charge in [0.1, 0.15) is 5.69 Å². The number of nitrogens with zero attached hydrogens (tertiary/aromatic N) is 3. The Balaban J connectivity index is 1.36. The highest BCUT2D eigenvalue weighted by molar-refractivity contribution is 7.09. The van der Waals surface area contributed by atoms with Crippen molar-refractivity contribution in [1.82, 2.24) is 15.2 Å². The van der Waals surface area contributed by atoms with Crippen molar-refractivity contribution in [3.05, 3.63) is 51.5 Å². The number of carbonyl (C=O) groups is 2. The van der Waals surface area contributed by atoms with Gasteiger partial charge in [-0.2, -0.15) is 5.26 Å². The molecule has 1 N–H and O–H groups in total. The second kappa shape index (κ2) is 7.70. The lowest BCUT2D eigenvalue weighted by molar-refractivity contribution is 0.0674. The first-order chi connectivity index (χ1) is 13.5. The van der Waals surface area contributed by atoms with Crippen molar-refractivity contribution in [3.63, 3.8) is 0 Å². The Hall–Kier alpha value is -2.76. The molecule has 3 heterocycles. The SMILES string of the molecule is Cc1nc(C(=O)NC[C@@H]2CO[C@@H]3CN(C(=O)c4cccc(C#N)c4)C[C@H]23)cs1. The monoisotopic (exact) mass is 396 g/mol. The summed E-state index contributed by atoms with van der Waals surface area (Å²) in [5.74, 6) is 0.0976. The predicted molar refractivity (Wildman–Crippen MR) is 103 cm³/mol. The van der Waals surface area contributed by atoms with E-state index in [2.05, 4.69) is 16.4 Å². The molecule has 1 aromatic carbocycles. The van der Waals surface area contributed by atoms with Gasteiger partial charge in [-0.05, 0) is 25.1 Å². The average Bonchev–Trinajstić information content (AvgIpc) is 3.41. The minimum atomic E-state index is -0.174. The van der Waals surface area contributed by atoms with Gasteiger partial charge in [-0.15, -0.1) is 11.3 Å². The summed E-state index contributed by atoms with van der Waals surface area (Å²) < 4.78 is 5.88. The second-order valence-corrected chi connectivity index (χ2v) is 8.22. The van der Waals surface area contributed by atoms with Crippen LogP contribution in [0.1, 0.15) is 31.4 Å². The van der Waals surface area contributed by atoms with E-state index in [4.69, 9.17) is 10.00 Å². The maximum absolute atomic E-state index is 12.8. The molecule has 0 spiro atoms. The van der Waals surface area contributed by atoms with Crippen LogP contribution in [0.3, 0.4) is 0 Å². The number of hydrogen-bond donors (Lipinski definition) is 1. The average molecular weight is 396 g/mol. The van der Waals surface area contributed by atoms with Crippen LogP contribution in [-0.4, -0.2) is 54.0 Å². The molecule has 2 aromatic rings. The Morgan fingerprint density at radius 1 is 1.43 bits per heavy atom. The molecule has 2 amide bonds. The quantitative estimate of drug-likeness (QED) is 0.851. The minimum absolute atomic E-state index is 0.00785. The van der Waals surface area contributed by atoms with E-state index in [1.807, 2.05) is 6.92 Å². The molecule has 1 aromatic heterocycles. The molecule has 28 heavy (non-hydrogen) atoms. The number of nitriles is 1. The Morgan fingerprint density at radius 2 is 2.29 bits per heavy atom. The largest absolute Gasteiger partial charge is 0.376 e. The highest BCUT2D eigenvalue weighted by Crippen LogP contribution is 2.34. The van der Waals surface area contributed by atoms with Gasteiger partial charge in [0.2, 0.25) is 0 Å². The number of ether oxygens (including phenoxy) is 1. The zero-order valence-corrected chi connectivity index (χ0v) is 16.2. The lowest BCUT2D eigenvalue weighted by Gasteiger charge is -2.20. The smallest absolute Gasteiger partial charge is 0.270 e. The highest BCUT2D eigenvalue weighted by atomic mass is 32.1. The Morgan fingerprint density at radius 3 is 3.04 bits per heavy atom. The van der Waals surface area contributed by atoms with Gasteiger partial charge in [0.25, 0.3) is 11.8 Å². The van der Waals surface area contributed by atoms with Gasteiger partial charge in [0.05, 0.1) is 29.4 Å². The van der Waals surface area contributed by atoms with Crippen LogP contribution in [0.25, 0.3) is 0 Å². The van der Waals surface area contributed by atoms with Gasteiger partial charge in [-0.3, -0.25) is 9.59 Å². The van der Waals surface area contributed by atoms with Crippen molar-refractivity contribution in [2.75, 3.05) is 26.2 Å². The number of amides is 2. The van der Waals surface area contributed by atoms with E-state index in [9.17, 15) is 9.59 Å². The Bertz CT molecular complexity index is 951. The fraction of sp³-hybridized carbons (Fsp3) is 0.400. The number of aromatic nitrogens is 1. The summed E-state index contributed by atoms with van der Waals surface area (Å²) in [4.78, 5) is 31.0. The number of hydrogen-bond acceptors (Lipinski definition) is 6. The van der Waals surface area contributed by atoms with Gasteiger partial charge in [-0.25, -0.2) is 4.98 Å². The number of benzene rings is 1. The molecular weight excluding hydrogens is 376 g/mol. The van der Waals surface area contributed by atoms with Gasteiger partial charge >= 0.3 is 0 Å². The third kappa shape index (κ3) is 3.63. The number of likely N-dealkylation sites (tertiary alicyclic amines) is 1. The topological polar surface area (TPSA) is 95.3 Å². The molecule has 0 unspecified atom stereocenters. The van der Waals surface area contributed by atoms with Crippen molar-refractivity contribution < 1.29 is 14.3 Å². The predicted octanol–water partition coefficient (Wildman–Crippen LogP) is 1.84. The summed E-state index contributed by atoms with van der Waals surface area (Å²) >= 11 is 1.45.